The van der Waals surface area contributed by atoms with Crippen molar-refractivity contribution in [2.75, 3.05) is 0 Å². The van der Waals surface area contributed by atoms with E-state index < -0.39 is 0 Å². The fourth-order valence-electron chi connectivity index (χ4n) is 3.29. The molecule has 0 amide bonds. The molecule has 0 saturated heterocycles. The molecule has 1 aliphatic rings. The zero-order valence-corrected chi connectivity index (χ0v) is 13.2. The predicted molar refractivity (Wildman–Crippen MR) is 88.3 cm³/mol. The highest BCUT2D eigenvalue weighted by Gasteiger charge is 2.24. The Kier molecular flexibility index (Phi) is 3.31. The van der Waals surface area contributed by atoms with Gasteiger partial charge >= 0.3 is 0 Å². The molecular formula is C19H15N3O2. The third-order valence-electron chi connectivity index (χ3n) is 4.59. The molecule has 24 heavy (non-hydrogen) atoms. The lowest BCUT2D eigenvalue weighted by molar-refractivity contribution is 0.425. The van der Waals surface area contributed by atoms with E-state index in [0.29, 0.717) is 22.9 Å². The number of hydrogen-bond acceptors (Lipinski definition) is 5. The smallest absolute Gasteiger partial charge is 0.262 e. The van der Waals surface area contributed by atoms with E-state index in [2.05, 4.69) is 23.1 Å². The molecule has 1 atom stereocenters. The minimum Gasteiger partial charge on any atom is -0.507 e. The normalized spacial score (nSPS) is 15.9. The fraction of sp³-hybridized carbons (Fsp3) is 0.211. The van der Waals surface area contributed by atoms with Gasteiger partial charge in [0.1, 0.15) is 5.75 Å². The Balaban J connectivity index is 1.79. The van der Waals surface area contributed by atoms with Crippen molar-refractivity contribution in [3.05, 3.63) is 53.1 Å². The molecule has 0 unspecified atom stereocenters. The number of nitrogens with zero attached hydrogens (tertiary/aromatic N) is 3. The second kappa shape index (κ2) is 5.50. The number of nitriles is 1. The van der Waals surface area contributed by atoms with Crippen LogP contribution < -0.4 is 0 Å². The van der Waals surface area contributed by atoms with Gasteiger partial charge in [-0.15, -0.1) is 0 Å². The minimum atomic E-state index is 0.0103. The second-order valence-electron chi connectivity index (χ2n) is 6.08. The van der Waals surface area contributed by atoms with Crippen LogP contribution in [0.5, 0.6) is 5.75 Å². The van der Waals surface area contributed by atoms with Crippen LogP contribution in [0.1, 0.15) is 36.0 Å². The fourth-order valence-corrected chi connectivity index (χ4v) is 3.29. The standard InChI is InChI=1S/C19H15N3O2/c1-11-5-7-14-13(11)3-2-4-15(14)18-21-19(24-22-18)16-9-12(10-20)6-8-17(16)23/h2-4,6,8-9,11,23H,5,7H2,1H3/t11-/m0/s1. The highest BCUT2D eigenvalue weighted by atomic mass is 16.5. The third kappa shape index (κ3) is 2.24. The van der Waals surface area contributed by atoms with E-state index in [9.17, 15) is 5.11 Å². The Morgan fingerprint density at radius 2 is 2.12 bits per heavy atom. The number of phenolic OH excluding ortho intramolecular Hbond substituents is 1. The van der Waals surface area contributed by atoms with Crippen LogP contribution in [-0.4, -0.2) is 15.2 Å². The number of aromatic nitrogens is 2. The number of phenols is 1. The van der Waals surface area contributed by atoms with Gasteiger partial charge in [-0.2, -0.15) is 10.2 Å². The molecule has 0 bridgehead atoms. The molecule has 0 aliphatic heterocycles. The maximum absolute atomic E-state index is 10.0. The summed E-state index contributed by atoms with van der Waals surface area (Å²) in [5, 5.41) is 23.1. The first-order valence-electron chi connectivity index (χ1n) is 7.86. The van der Waals surface area contributed by atoms with Crippen molar-refractivity contribution in [2.45, 2.75) is 25.7 Å². The summed E-state index contributed by atoms with van der Waals surface area (Å²) in [5.41, 5.74) is 4.38. The zero-order valence-electron chi connectivity index (χ0n) is 13.2. The molecule has 5 heteroatoms. The molecule has 0 saturated carbocycles. The van der Waals surface area contributed by atoms with Crippen LogP contribution in [0.2, 0.25) is 0 Å². The van der Waals surface area contributed by atoms with E-state index >= 15 is 0 Å². The predicted octanol–water partition coefficient (Wildman–Crippen LogP) is 4.03. The molecule has 5 nitrogen and oxygen atoms in total. The molecule has 0 spiro atoms. The summed E-state index contributed by atoms with van der Waals surface area (Å²) in [6, 6.07) is 12.8. The molecule has 1 heterocycles. The summed E-state index contributed by atoms with van der Waals surface area (Å²) in [4.78, 5) is 4.44. The van der Waals surface area contributed by atoms with Crippen molar-refractivity contribution in [3.63, 3.8) is 0 Å². The van der Waals surface area contributed by atoms with Crippen LogP contribution >= 0.6 is 0 Å². The van der Waals surface area contributed by atoms with Crippen molar-refractivity contribution < 1.29 is 9.63 Å². The summed E-state index contributed by atoms with van der Waals surface area (Å²) < 4.78 is 5.34. The first-order chi connectivity index (χ1) is 11.7. The second-order valence-corrected chi connectivity index (χ2v) is 6.08. The Hall–Kier alpha value is -3.13. The van der Waals surface area contributed by atoms with Gasteiger partial charge in [-0.3, -0.25) is 0 Å². The van der Waals surface area contributed by atoms with Crippen molar-refractivity contribution in [1.29, 1.82) is 5.26 Å². The van der Waals surface area contributed by atoms with Crippen LogP contribution in [0, 0.1) is 11.3 Å². The highest BCUT2D eigenvalue weighted by Crippen LogP contribution is 2.38. The molecule has 2 aromatic carbocycles. The van der Waals surface area contributed by atoms with Crippen molar-refractivity contribution in [1.82, 2.24) is 10.1 Å². The van der Waals surface area contributed by atoms with Gasteiger partial charge in [-0.1, -0.05) is 30.3 Å². The van der Waals surface area contributed by atoms with Crippen molar-refractivity contribution in [3.8, 4) is 34.7 Å². The maximum atomic E-state index is 10.0. The van der Waals surface area contributed by atoms with Gasteiger partial charge in [0, 0.05) is 5.56 Å². The van der Waals surface area contributed by atoms with E-state index in [1.807, 2.05) is 18.2 Å². The molecule has 4 rings (SSSR count). The number of hydrogen-bond donors (Lipinski definition) is 1. The topological polar surface area (TPSA) is 82.9 Å². The molecular weight excluding hydrogens is 302 g/mol. The van der Waals surface area contributed by atoms with E-state index in [-0.39, 0.29) is 11.6 Å². The lowest BCUT2D eigenvalue weighted by Crippen LogP contribution is -1.91. The lowest BCUT2D eigenvalue weighted by Gasteiger charge is -2.06. The summed E-state index contributed by atoms with van der Waals surface area (Å²) in [6.45, 7) is 2.22. The van der Waals surface area contributed by atoms with Crippen LogP contribution in [0.25, 0.3) is 22.8 Å². The highest BCUT2D eigenvalue weighted by molar-refractivity contribution is 5.69. The summed E-state index contributed by atoms with van der Waals surface area (Å²) in [5.74, 6) is 1.28. The lowest BCUT2D eigenvalue weighted by atomic mass is 9.99. The molecule has 118 valence electrons. The average Bonchev–Trinajstić information content (AvgIpc) is 3.23. The van der Waals surface area contributed by atoms with E-state index in [4.69, 9.17) is 9.78 Å². The summed E-state index contributed by atoms with van der Waals surface area (Å²) in [6.07, 6.45) is 2.13. The minimum absolute atomic E-state index is 0.0103. The first-order valence-corrected chi connectivity index (χ1v) is 7.86. The first kappa shape index (κ1) is 14.5. The van der Waals surface area contributed by atoms with Crippen molar-refractivity contribution in [2.24, 2.45) is 0 Å². The Labute approximate surface area is 139 Å². The number of rotatable bonds is 2. The van der Waals surface area contributed by atoms with Crippen LogP contribution in [-0.2, 0) is 6.42 Å². The Morgan fingerprint density at radius 3 is 2.96 bits per heavy atom. The van der Waals surface area contributed by atoms with Gasteiger partial charge in [-0.05, 0) is 48.1 Å². The SMILES string of the molecule is C[C@H]1CCc2c(-c3noc(-c4cc(C#N)ccc4O)n3)cccc21. The number of benzene rings is 2. The number of aromatic hydroxyl groups is 1. The Morgan fingerprint density at radius 1 is 1.25 bits per heavy atom. The quantitative estimate of drug-likeness (QED) is 0.771. The van der Waals surface area contributed by atoms with E-state index in [0.717, 1.165) is 18.4 Å². The van der Waals surface area contributed by atoms with Crippen LogP contribution in [0.4, 0.5) is 0 Å². The summed E-state index contributed by atoms with van der Waals surface area (Å²) >= 11 is 0. The maximum Gasteiger partial charge on any atom is 0.262 e. The zero-order chi connectivity index (χ0) is 16.7. The molecule has 3 aromatic rings. The van der Waals surface area contributed by atoms with Crippen LogP contribution in [0.15, 0.2) is 40.9 Å². The van der Waals surface area contributed by atoms with Gasteiger partial charge in [0.05, 0.1) is 17.2 Å². The Bertz CT molecular complexity index is 969. The third-order valence-corrected chi connectivity index (χ3v) is 4.59. The molecule has 1 N–H and O–H groups in total. The van der Waals surface area contributed by atoms with Gasteiger partial charge in [0.15, 0.2) is 0 Å². The van der Waals surface area contributed by atoms with Crippen LogP contribution in [0.3, 0.4) is 0 Å². The number of fused-ring (bicyclic) bond motifs is 1. The largest absolute Gasteiger partial charge is 0.507 e. The summed E-state index contributed by atoms with van der Waals surface area (Å²) in [7, 11) is 0. The monoisotopic (exact) mass is 317 g/mol. The molecule has 1 aromatic heterocycles. The van der Waals surface area contributed by atoms with Gasteiger partial charge in [0.25, 0.3) is 5.89 Å². The van der Waals surface area contributed by atoms with Gasteiger partial charge < -0.3 is 9.63 Å². The van der Waals surface area contributed by atoms with E-state index in [1.54, 1.807) is 12.1 Å². The molecule has 1 aliphatic carbocycles. The van der Waals surface area contributed by atoms with E-state index in [1.165, 1.54) is 17.2 Å². The molecule has 0 radical (unpaired) electrons. The van der Waals surface area contributed by atoms with Gasteiger partial charge in [0.2, 0.25) is 5.82 Å². The van der Waals surface area contributed by atoms with Gasteiger partial charge in [-0.25, -0.2) is 0 Å². The average molecular weight is 317 g/mol. The molecule has 0 fully saturated rings. The van der Waals surface area contributed by atoms with Crippen molar-refractivity contribution >= 4 is 0 Å².